The zero-order valence-corrected chi connectivity index (χ0v) is 5.78. The summed E-state index contributed by atoms with van der Waals surface area (Å²) < 4.78 is 0. The lowest BCUT2D eigenvalue weighted by molar-refractivity contribution is 0.567. The Labute approximate surface area is 51.8 Å². The van der Waals surface area contributed by atoms with Crippen LogP contribution in [0, 0.1) is 0 Å². The van der Waals surface area contributed by atoms with Gasteiger partial charge in [0, 0.05) is 12.6 Å². The highest BCUT2D eigenvalue weighted by Crippen LogP contribution is 1.85. The predicted molar refractivity (Wildman–Crippen MR) is 38.0 cm³/mol. The van der Waals surface area contributed by atoms with Gasteiger partial charge in [0.2, 0.25) is 0 Å². The third-order valence-electron chi connectivity index (χ3n) is 1.22. The van der Waals surface area contributed by atoms with Crippen LogP contribution >= 0.6 is 0 Å². The maximum absolute atomic E-state index is 3.60. The Morgan fingerprint density at radius 3 is 2.75 bits per heavy atom. The number of hydrogen-bond acceptors (Lipinski definition) is 1. The molecule has 0 rings (SSSR count). The molecule has 0 fully saturated rings. The SMILES string of the molecule is C=CCN[C@H](C)CC. The summed E-state index contributed by atoms with van der Waals surface area (Å²) in [5, 5.41) is 3.26. The molecule has 0 spiro atoms. The molecule has 0 heterocycles. The minimum absolute atomic E-state index is 0.632. The molecular formula is C7H15N. The van der Waals surface area contributed by atoms with Crippen LogP contribution in [0.25, 0.3) is 0 Å². The highest BCUT2D eigenvalue weighted by molar-refractivity contribution is 4.71. The van der Waals surface area contributed by atoms with Crippen molar-refractivity contribution in [3.05, 3.63) is 12.7 Å². The fraction of sp³-hybridized carbons (Fsp3) is 0.714. The predicted octanol–water partition coefficient (Wildman–Crippen LogP) is 1.56. The Morgan fingerprint density at radius 1 is 1.75 bits per heavy atom. The molecule has 1 nitrogen and oxygen atoms in total. The summed E-state index contributed by atoms with van der Waals surface area (Å²) >= 11 is 0. The van der Waals surface area contributed by atoms with Crippen LogP contribution in [0.2, 0.25) is 0 Å². The molecule has 0 amide bonds. The van der Waals surface area contributed by atoms with E-state index in [2.05, 4.69) is 25.7 Å². The summed E-state index contributed by atoms with van der Waals surface area (Å²) in [6, 6.07) is 0.632. The van der Waals surface area contributed by atoms with E-state index in [-0.39, 0.29) is 0 Å². The molecule has 0 radical (unpaired) electrons. The standard InChI is InChI=1S/C7H15N/c1-4-6-8-7(3)5-2/h4,7-8H,1,5-6H2,2-3H3/t7-/m1/s1. The molecule has 0 aromatic rings. The molecule has 1 atom stereocenters. The van der Waals surface area contributed by atoms with E-state index in [1.54, 1.807) is 0 Å². The minimum Gasteiger partial charge on any atom is -0.311 e. The van der Waals surface area contributed by atoms with Crippen molar-refractivity contribution in [3.8, 4) is 0 Å². The van der Waals surface area contributed by atoms with Gasteiger partial charge in [0.1, 0.15) is 0 Å². The van der Waals surface area contributed by atoms with Crippen molar-refractivity contribution in [3.63, 3.8) is 0 Å². The molecule has 1 heteroatoms. The normalized spacial score (nSPS) is 13.2. The summed E-state index contributed by atoms with van der Waals surface area (Å²) in [5.74, 6) is 0. The van der Waals surface area contributed by atoms with Crippen LogP contribution in [0.15, 0.2) is 12.7 Å². The van der Waals surface area contributed by atoms with Crippen molar-refractivity contribution in [1.82, 2.24) is 5.32 Å². The Morgan fingerprint density at radius 2 is 2.38 bits per heavy atom. The van der Waals surface area contributed by atoms with Crippen LogP contribution in [-0.4, -0.2) is 12.6 Å². The van der Waals surface area contributed by atoms with E-state index >= 15 is 0 Å². The fourth-order valence-electron chi connectivity index (χ4n) is 0.429. The van der Waals surface area contributed by atoms with Crippen LogP contribution in [-0.2, 0) is 0 Å². The maximum Gasteiger partial charge on any atom is 0.0134 e. The van der Waals surface area contributed by atoms with E-state index in [4.69, 9.17) is 0 Å². The van der Waals surface area contributed by atoms with Crippen LogP contribution in [0.3, 0.4) is 0 Å². The van der Waals surface area contributed by atoms with E-state index in [0.29, 0.717) is 6.04 Å². The van der Waals surface area contributed by atoms with E-state index in [1.165, 1.54) is 6.42 Å². The van der Waals surface area contributed by atoms with Gasteiger partial charge in [-0.05, 0) is 13.3 Å². The van der Waals surface area contributed by atoms with Crippen molar-refractivity contribution < 1.29 is 0 Å². The number of nitrogens with one attached hydrogen (secondary N) is 1. The van der Waals surface area contributed by atoms with Gasteiger partial charge in [-0.25, -0.2) is 0 Å². The van der Waals surface area contributed by atoms with Gasteiger partial charge >= 0.3 is 0 Å². The summed E-state index contributed by atoms with van der Waals surface area (Å²) in [6.07, 6.45) is 3.07. The molecule has 0 aliphatic heterocycles. The Kier molecular flexibility index (Phi) is 4.67. The first kappa shape index (κ1) is 7.70. The highest BCUT2D eigenvalue weighted by atomic mass is 14.9. The second kappa shape index (κ2) is 4.85. The maximum atomic E-state index is 3.60. The molecule has 0 saturated carbocycles. The molecule has 48 valence electrons. The first-order valence-corrected chi connectivity index (χ1v) is 3.15. The highest BCUT2D eigenvalue weighted by Gasteiger charge is 1.91. The third-order valence-corrected chi connectivity index (χ3v) is 1.22. The molecular weight excluding hydrogens is 98.1 g/mol. The fourth-order valence-corrected chi connectivity index (χ4v) is 0.429. The molecule has 0 bridgehead atoms. The van der Waals surface area contributed by atoms with Gasteiger partial charge in [0.15, 0.2) is 0 Å². The number of hydrogen-bond donors (Lipinski definition) is 1. The van der Waals surface area contributed by atoms with Crippen molar-refractivity contribution in [2.24, 2.45) is 0 Å². The zero-order valence-electron chi connectivity index (χ0n) is 5.78. The van der Waals surface area contributed by atoms with Crippen LogP contribution in [0.1, 0.15) is 20.3 Å². The summed E-state index contributed by atoms with van der Waals surface area (Å²) in [5.41, 5.74) is 0. The van der Waals surface area contributed by atoms with Crippen LogP contribution < -0.4 is 5.32 Å². The van der Waals surface area contributed by atoms with Gasteiger partial charge in [0.25, 0.3) is 0 Å². The minimum atomic E-state index is 0.632. The first-order chi connectivity index (χ1) is 3.81. The largest absolute Gasteiger partial charge is 0.311 e. The summed E-state index contributed by atoms with van der Waals surface area (Å²) in [6.45, 7) is 8.87. The lowest BCUT2D eigenvalue weighted by atomic mass is 10.3. The Balaban J connectivity index is 2.97. The van der Waals surface area contributed by atoms with E-state index in [1.807, 2.05) is 6.08 Å². The third kappa shape index (κ3) is 3.88. The molecule has 0 unspecified atom stereocenters. The second-order valence-electron chi connectivity index (χ2n) is 2.01. The summed E-state index contributed by atoms with van der Waals surface area (Å²) in [7, 11) is 0. The lowest BCUT2D eigenvalue weighted by Gasteiger charge is -2.06. The van der Waals surface area contributed by atoms with Gasteiger partial charge in [-0.15, -0.1) is 6.58 Å². The molecule has 8 heavy (non-hydrogen) atoms. The van der Waals surface area contributed by atoms with Gasteiger partial charge in [-0.1, -0.05) is 13.0 Å². The van der Waals surface area contributed by atoms with Crippen molar-refractivity contribution >= 4 is 0 Å². The summed E-state index contributed by atoms with van der Waals surface area (Å²) in [4.78, 5) is 0. The molecule has 0 aromatic carbocycles. The molecule has 0 aromatic heterocycles. The Bertz CT molecular complexity index is 59.4. The smallest absolute Gasteiger partial charge is 0.0134 e. The quantitative estimate of drug-likeness (QED) is 0.545. The Hall–Kier alpha value is -0.300. The van der Waals surface area contributed by atoms with Gasteiger partial charge in [-0.2, -0.15) is 0 Å². The second-order valence-corrected chi connectivity index (χ2v) is 2.01. The van der Waals surface area contributed by atoms with Crippen molar-refractivity contribution in [2.75, 3.05) is 6.54 Å². The van der Waals surface area contributed by atoms with E-state index in [0.717, 1.165) is 6.54 Å². The molecule has 0 aliphatic carbocycles. The average Bonchev–Trinajstić information content (AvgIpc) is 1.83. The monoisotopic (exact) mass is 113 g/mol. The van der Waals surface area contributed by atoms with Crippen LogP contribution in [0.5, 0.6) is 0 Å². The first-order valence-electron chi connectivity index (χ1n) is 3.15. The molecule has 1 N–H and O–H groups in total. The van der Waals surface area contributed by atoms with Crippen molar-refractivity contribution in [2.45, 2.75) is 26.3 Å². The molecule has 0 saturated heterocycles. The topological polar surface area (TPSA) is 12.0 Å². The van der Waals surface area contributed by atoms with E-state index < -0.39 is 0 Å². The van der Waals surface area contributed by atoms with Gasteiger partial charge in [0.05, 0.1) is 0 Å². The van der Waals surface area contributed by atoms with Gasteiger partial charge < -0.3 is 5.32 Å². The lowest BCUT2D eigenvalue weighted by Crippen LogP contribution is -2.24. The van der Waals surface area contributed by atoms with Crippen LogP contribution in [0.4, 0.5) is 0 Å². The van der Waals surface area contributed by atoms with Gasteiger partial charge in [-0.3, -0.25) is 0 Å². The number of rotatable bonds is 4. The zero-order chi connectivity index (χ0) is 6.41. The van der Waals surface area contributed by atoms with E-state index in [9.17, 15) is 0 Å². The van der Waals surface area contributed by atoms with Crippen molar-refractivity contribution in [1.29, 1.82) is 0 Å². The molecule has 0 aliphatic rings. The average molecular weight is 113 g/mol.